The lowest BCUT2D eigenvalue weighted by atomic mass is 9.74. The molecule has 1 amide bonds. The fraction of sp³-hybridized carbons (Fsp3) is 0.463. The number of rotatable bonds is 10. The van der Waals surface area contributed by atoms with Crippen LogP contribution in [0.2, 0.25) is 0 Å². The summed E-state index contributed by atoms with van der Waals surface area (Å²) >= 11 is 0. The number of nitrogens with one attached hydrogen (secondary N) is 2. The molecule has 12 atom stereocenters. The zero-order valence-corrected chi connectivity index (χ0v) is 33.4. The number of aliphatic carboxylic acids is 1. The maximum atomic E-state index is 14.1. The van der Waals surface area contributed by atoms with Crippen LogP contribution in [0, 0.1) is 6.92 Å². The Morgan fingerprint density at radius 1 is 0.852 bits per heavy atom. The number of phenolic OH excluding ortho intramolecular Hbond substituents is 3. The molecule has 0 radical (unpaired) electrons. The van der Waals surface area contributed by atoms with E-state index in [0.29, 0.717) is 0 Å². The zero-order chi connectivity index (χ0) is 44.5. The summed E-state index contributed by atoms with van der Waals surface area (Å²) in [6, 6.07) is 2.51. The van der Waals surface area contributed by atoms with E-state index < -0.39 is 149 Å². The Balaban J connectivity index is 1.37. The number of phenols is 3. The van der Waals surface area contributed by atoms with Crippen LogP contribution in [0.25, 0.3) is 11.1 Å². The Bertz CT molecular complexity index is 2300. The van der Waals surface area contributed by atoms with E-state index >= 15 is 0 Å². The highest BCUT2D eigenvalue weighted by Crippen LogP contribution is 2.57. The van der Waals surface area contributed by atoms with Crippen molar-refractivity contribution in [1.29, 1.82) is 0 Å². The molecule has 11 N–H and O–H groups in total. The summed E-state index contributed by atoms with van der Waals surface area (Å²) in [5, 5.41) is 105. The lowest BCUT2D eigenvalue weighted by molar-refractivity contribution is -0.339. The third-order valence-electron chi connectivity index (χ3n) is 11.7. The minimum absolute atomic E-state index is 0.0172. The molecule has 3 aromatic rings. The van der Waals surface area contributed by atoms with Gasteiger partial charge in [0.15, 0.2) is 24.1 Å². The smallest absolute Gasteiger partial charge is 0.326 e. The minimum Gasteiger partial charge on any atom is -0.507 e. The first kappa shape index (κ1) is 43.8. The lowest BCUT2D eigenvalue weighted by Gasteiger charge is -2.47. The van der Waals surface area contributed by atoms with Crippen LogP contribution in [0.5, 0.6) is 23.0 Å². The van der Waals surface area contributed by atoms with Gasteiger partial charge in [0.25, 0.3) is 5.91 Å². The molecule has 0 aromatic heterocycles. The van der Waals surface area contributed by atoms with Crippen LogP contribution in [-0.2, 0) is 23.7 Å². The third kappa shape index (κ3) is 7.17. The highest BCUT2D eigenvalue weighted by Gasteiger charge is 2.51. The first-order valence-corrected chi connectivity index (χ1v) is 19.3. The maximum absolute atomic E-state index is 14.1. The second-order valence-electron chi connectivity index (χ2n) is 15.4. The normalized spacial score (nSPS) is 29.8. The fourth-order valence-electron chi connectivity index (χ4n) is 8.54. The number of fused-ring (bicyclic) bond motifs is 5. The van der Waals surface area contributed by atoms with E-state index in [9.17, 15) is 65.1 Å². The Hall–Kier alpha value is -5.26. The Morgan fingerprint density at radius 3 is 2.15 bits per heavy atom. The van der Waals surface area contributed by atoms with Crippen LogP contribution in [-0.4, -0.2) is 151 Å². The quantitative estimate of drug-likeness (QED) is 0.0982. The second-order valence-corrected chi connectivity index (χ2v) is 15.4. The molecule has 20 heteroatoms. The molecule has 7 rings (SSSR count). The van der Waals surface area contributed by atoms with Gasteiger partial charge in [0.05, 0.1) is 42.6 Å². The largest absolute Gasteiger partial charge is 0.507 e. The number of carboxylic acid groups (broad SMARTS) is 1. The molecule has 0 spiro atoms. The number of aliphatic hydroxyl groups excluding tert-OH is 5. The van der Waals surface area contributed by atoms with Gasteiger partial charge >= 0.3 is 5.97 Å². The van der Waals surface area contributed by atoms with Crippen LogP contribution in [0.15, 0.2) is 24.3 Å². The Kier molecular flexibility index (Phi) is 11.9. The number of carbonyl (C=O) groups is 4. The van der Waals surface area contributed by atoms with Crippen molar-refractivity contribution in [2.24, 2.45) is 0 Å². The molecule has 61 heavy (non-hydrogen) atoms. The molecule has 2 fully saturated rings. The van der Waals surface area contributed by atoms with Crippen molar-refractivity contribution in [2.45, 2.75) is 101 Å². The number of aliphatic hydroxyl groups is 5. The SMILES string of the molecule is CC[C@@H](NC(=O)c1c(C)cc2c(c1O)-c1c(cc3c(c1O)C(=O)c1cc(OC)cc(O)c1C3=O)[C@H](O)[C@H]2O[C@@H]1O[C@H](C)[C@H](NC)[C@H](O[C@@H]2OC[C@@H](O)[C@H](O)[C@H]2O)[C@H]1O)C(=O)O. The second kappa shape index (κ2) is 16.5. The van der Waals surface area contributed by atoms with Crippen molar-refractivity contribution in [2.75, 3.05) is 20.8 Å². The number of methoxy groups -OCH3 is 1. The number of hydrogen-bond acceptors (Lipinski definition) is 18. The monoisotopic (exact) mass is 854 g/mol. The number of carboxylic acids is 1. The topological polar surface area (TPSA) is 321 Å². The van der Waals surface area contributed by atoms with E-state index in [0.717, 1.165) is 12.1 Å². The average Bonchev–Trinajstić information content (AvgIpc) is 3.21. The van der Waals surface area contributed by atoms with Gasteiger partial charge in [0.2, 0.25) is 0 Å². The van der Waals surface area contributed by atoms with Gasteiger partial charge in [-0.3, -0.25) is 14.4 Å². The predicted octanol–water partition coefficient (Wildman–Crippen LogP) is -0.222. The van der Waals surface area contributed by atoms with E-state index in [1.807, 2.05) is 0 Å². The van der Waals surface area contributed by atoms with Gasteiger partial charge in [-0.25, -0.2) is 4.79 Å². The van der Waals surface area contributed by atoms with Gasteiger partial charge in [0, 0.05) is 28.3 Å². The number of aromatic hydroxyl groups is 3. The van der Waals surface area contributed by atoms with Crippen molar-refractivity contribution in [1.82, 2.24) is 10.6 Å². The summed E-state index contributed by atoms with van der Waals surface area (Å²) in [6.07, 6.45) is -15.6. The number of benzene rings is 3. The van der Waals surface area contributed by atoms with Crippen LogP contribution < -0.4 is 15.4 Å². The van der Waals surface area contributed by atoms with E-state index in [2.05, 4.69) is 10.6 Å². The maximum Gasteiger partial charge on any atom is 0.326 e. The summed E-state index contributed by atoms with van der Waals surface area (Å²) < 4.78 is 29.0. The summed E-state index contributed by atoms with van der Waals surface area (Å²) in [6.45, 7) is 4.10. The van der Waals surface area contributed by atoms with Crippen LogP contribution in [0.1, 0.15) is 91.4 Å². The summed E-state index contributed by atoms with van der Waals surface area (Å²) in [7, 11) is 2.81. The third-order valence-corrected chi connectivity index (χ3v) is 11.7. The standard InChI is InChI=1S/C41H46N2O18/c1-6-19(39(55)56)43-38(54)22-12(2)7-18-25(32(22)50)24-16(10-17-26(33(24)51)29(47)15-8-14(57-5)9-20(44)23(15)28(17)46)30(48)36(18)60-41-35(53)37(27(42-4)13(3)59-41)61-40-34(52)31(49)21(45)11-58-40/h7-10,13,19,21,27,30-31,34-37,40-42,44-45,48-53H,6,11H2,1-5H3,(H,43,54)(H,55,56)/t13-,19-,21-,27+,30+,31+,34-,35-,36+,37+,40+,41+/m1/s1. The number of hydrogen-bond donors (Lipinski definition) is 11. The molecule has 0 bridgehead atoms. The zero-order valence-electron chi connectivity index (χ0n) is 33.4. The molecule has 0 saturated carbocycles. The molecule has 4 aliphatic rings. The summed E-state index contributed by atoms with van der Waals surface area (Å²) in [5.74, 6) is -6.56. The van der Waals surface area contributed by atoms with Gasteiger partial charge in [-0.2, -0.15) is 0 Å². The Morgan fingerprint density at radius 2 is 1.51 bits per heavy atom. The summed E-state index contributed by atoms with van der Waals surface area (Å²) in [4.78, 5) is 53.7. The first-order chi connectivity index (χ1) is 28.9. The van der Waals surface area contributed by atoms with Crippen LogP contribution in [0.4, 0.5) is 0 Å². The number of amides is 1. The molecule has 0 unspecified atom stereocenters. The first-order valence-electron chi connectivity index (χ1n) is 19.3. The molecule has 3 aromatic carbocycles. The predicted molar refractivity (Wildman–Crippen MR) is 205 cm³/mol. The molecule has 2 saturated heterocycles. The molecule has 2 heterocycles. The number of carbonyl (C=O) groups excluding carboxylic acids is 3. The van der Waals surface area contributed by atoms with Crippen LogP contribution >= 0.6 is 0 Å². The van der Waals surface area contributed by atoms with Gasteiger partial charge in [-0.1, -0.05) is 13.0 Å². The van der Waals surface area contributed by atoms with E-state index in [1.165, 1.54) is 40.1 Å². The number of aryl methyl sites for hydroxylation is 1. The molecule has 2 aliphatic heterocycles. The molecule has 328 valence electrons. The van der Waals surface area contributed by atoms with Gasteiger partial charge in [0.1, 0.15) is 71.8 Å². The molecular weight excluding hydrogens is 808 g/mol. The van der Waals surface area contributed by atoms with Crippen molar-refractivity contribution >= 4 is 23.4 Å². The van der Waals surface area contributed by atoms with Gasteiger partial charge < -0.3 is 80.3 Å². The highest BCUT2D eigenvalue weighted by molar-refractivity contribution is 6.31. The number of likely N-dealkylation sites (N-methyl/N-ethyl adjacent to an activating group) is 1. The van der Waals surface area contributed by atoms with Crippen molar-refractivity contribution < 1.29 is 88.8 Å². The molecular formula is C41H46N2O18. The van der Waals surface area contributed by atoms with E-state index in [1.54, 1.807) is 6.92 Å². The fourth-order valence-corrected chi connectivity index (χ4v) is 8.54. The lowest BCUT2D eigenvalue weighted by Crippen LogP contribution is -2.65. The Labute approximate surface area is 346 Å². The average molecular weight is 855 g/mol. The highest BCUT2D eigenvalue weighted by atomic mass is 16.7. The van der Waals surface area contributed by atoms with Crippen molar-refractivity contribution in [3.63, 3.8) is 0 Å². The van der Waals surface area contributed by atoms with Crippen molar-refractivity contribution in [3.05, 3.63) is 68.8 Å². The van der Waals surface area contributed by atoms with E-state index in [-0.39, 0.29) is 40.0 Å². The molecule has 2 aliphatic carbocycles. The number of ether oxygens (including phenoxy) is 5. The minimum atomic E-state index is -1.89. The van der Waals surface area contributed by atoms with Gasteiger partial charge in [-0.05, 0) is 56.1 Å². The number of ketones is 2. The van der Waals surface area contributed by atoms with Gasteiger partial charge in [-0.15, -0.1) is 0 Å². The molecule has 20 nitrogen and oxygen atoms in total. The van der Waals surface area contributed by atoms with Crippen LogP contribution in [0.3, 0.4) is 0 Å². The van der Waals surface area contributed by atoms with E-state index in [4.69, 9.17) is 23.7 Å². The van der Waals surface area contributed by atoms with Crippen molar-refractivity contribution in [3.8, 4) is 34.1 Å². The summed E-state index contributed by atoms with van der Waals surface area (Å²) in [5.41, 5.74) is -3.32.